The van der Waals surface area contributed by atoms with E-state index in [0.717, 1.165) is 17.5 Å². The van der Waals surface area contributed by atoms with E-state index in [0.29, 0.717) is 29.2 Å². The summed E-state index contributed by atoms with van der Waals surface area (Å²) in [4.78, 5) is 65.4. The molecule has 0 radical (unpaired) electrons. The molecule has 3 amide bonds. The predicted molar refractivity (Wildman–Crippen MR) is 139 cm³/mol. The van der Waals surface area contributed by atoms with Gasteiger partial charge >= 0.3 is 5.69 Å². The standard InChI is InChI=1S/C24H32N8O5/c1-15-11-32(24(37)28-21(15)34)14-20(33)26-16-9-19(31(5)12-16)23(36)27-17-10-18(30(4)13-17)22(35)25-7-6-8-29(2)3/h9-13H,6-8,14H2,1-5H3,(H,25,35)(H,26,33)(H,27,36)(H,28,34,37). The van der Waals surface area contributed by atoms with Gasteiger partial charge in [-0.1, -0.05) is 0 Å². The molecule has 0 saturated carbocycles. The lowest BCUT2D eigenvalue weighted by atomic mass is 10.3. The number of hydrogen-bond donors (Lipinski definition) is 4. The van der Waals surface area contributed by atoms with Gasteiger partial charge in [-0.2, -0.15) is 0 Å². The molecule has 0 aliphatic carbocycles. The number of aromatic nitrogens is 4. The predicted octanol–water partition coefficient (Wildman–Crippen LogP) is 0.0945. The van der Waals surface area contributed by atoms with Crippen molar-refractivity contribution < 1.29 is 14.4 Å². The summed E-state index contributed by atoms with van der Waals surface area (Å²) < 4.78 is 4.27. The van der Waals surface area contributed by atoms with Crippen LogP contribution in [-0.2, 0) is 25.4 Å². The van der Waals surface area contributed by atoms with E-state index >= 15 is 0 Å². The Hall–Kier alpha value is -4.39. The maximum Gasteiger partial charge on any atom is 0.328 e. The van der Waals surface area contributed by atoms with Gasteiger partial charge in [0.2, 0.25) is 5.91 Å². The smallest absolute Gasteiger partial charge is 0.328 e. The molecule has 3 aromatic rings. The first-order chi connectivity index (χ1) is 17.4. The Kier molecular flexibility index (Phi) is 8.50. The summed E-state index contributed by atoms with van der Waals surface area (Å²) in [6, 6.07) is 3.09. The van der Waals surface area contributed by atoms with Gasteiger partial charge in [-0.3, -0.25) is 28.7 Å². The summed E-state index contributed by atoms with van der Waals surface area (Å²) in [7, 11) is 7.30. The Morgan fingerprint density at radius 2 is 1.51 bits per heavy atom. The summed E-state index contributed by atoms with van der Waals surface area (Å²) in [6.07, 6.45) is 5.33. The van der Waals surface area contributed by atoms with Crippen LogP contribution in [0.15, 0.2) is 40.3 Å². The number of H-pyrrole nitrogens is 1. The Bertz CT molecular complexity index is 1430. The van der Waals surface area contributed by atoms with E-state index in [2.05, 4.69) is 20.9 Å². The number of aryl methyl sites for hydroxylation is 3. The fourth-order valence-electron chi connectivity index (χ4n) is 3.69. The van der Waals surface area contributed by atoms with Crippen LogP contribution in [0.1, 0.15) is 33.0 Å². The van der Waals surface area contributed by atoms with Gasteiger partial charge in [0.15, 0.2) is 0 Å². The summed E-state index contributed by atoms with van der Waals surface area (Å²) in [5.74, 6) is -1.17. The number of carbonyl (C=O) groups excluding carboxylic acids is 3. The molecule has 4 N–H and O–H groups in total. The highest BCUT2D eigenvalue weighted by Gasteiger charge is 2.17. The first-order valence-corrected chi connectivity index (χ1v) is 11.6. The molecule has 0 atom stereocenters. The van der Waals surface area contributed by atoms with Gasteiger partial charge in [0.05, 0.1) is 11.4 Å². The van der Waals surface area contributed by atoms with Crippen LogP contribution in [0.5, 0.6) is 0 Å². The summed E-state index contributed by atoms with van der Waals surface area (Å²) in [5, 5.41) is 8.27. The van der Waals surface area contributed by atoms with Gasteiger partial charge in [-0.25, -0.2) is 4.79 Å². The van der Waals surface area contributed by atoms with Crippen LogP contribution in [0.4, 0.5) is 11.4 Å². The summed E-state index contributed by atoms with van der Waals surface area (Å²) in [6.45, 7) is 2.62. The van der Waals surface area contributed by atoms with Crippen molar-refractivity contribution in [2.24, 2.45) is 14.1 Å². The molecule has 198 valence electrons. The Balaban J connectivity index is 1.62. The normalized spacial score (nSPS) is 11.0. The molecule has 0 fully saturated rings. The van der Waals surface area contributed by atoms with Gasteiger partial charge in [0.25, 0.3) is 17.4 Å². The Morgan fingerprint density at radius 1 is 0.919 bits per heavy atom. The van der Waals surface area contributed by atoms with Crippen LogP contribution < -0.4 is 27.2 Å². The number of anilines is 2. The summed E-state index contributed by atoms with van der Waals surface area (Å²) >= 11 is 0. The minimum Gasteiger partial charge on any atom is -0.351 e. The molecule has 0 aliphatic rings. The number of amides is 3. The summed E-state index contributed by atoms with van der Waals surface area (Å²) in [5.41, 5.74) is 0.591. The van der Waals surface area contributed by atoms with Crippen molar-refractivity contribution in [3.05, 3.63) is 68.5 Å². The molecule has 13 heteroatoms. The van der Waals surface area contributed by atoms with Crippen molar-refractivity contribution in [1.29, 1.82) is 0 Å². The highest BCUT2D eigenvalue weighted by atomic mass is 16.2. The molecule has 0 bridgehead atoms. The van der Waals surface area contributed by atoms with Crippen LogP contribution >= 0.6 is 0 Å². The van der Waals surface area contributed by atoms with E-state index in [9.17, 15) is 24.0 Å². The van der Waals surface area contributed by atoms with Gasteiger partial charge in [-0.05, 0) is 46.1 Å². The topological polar surface area (TPSA) is 155 Å². The second-order valence-corrected chi connectivity index (χ2v) is 9.06. The first-order valence-electron chi connectivity index (χ1n) is 11.6. The van der Waals surface area contributed by atoms with Gasteiger partial charge in [0, 0.05) is 44.8 Å². The van der Waals surface area contributed by atoms with E-state index in [1.165, 1.54) is 19.2 Å². The number of carbonyl (C=O) groups is 3. The van der Waals surface area contributed by atoms with Gasteiger partial charge in [-0.15, -0.1) is 0 Å². The van der Waals surface area contributed by atoms with Crippen molar-refractivity contribution >= 4 is 29.1 Å². The third kappa shape index (κ3) is 7.07. The average Bonchev–Trinajstić information content (AvgIpc) is 3.36. The molecule has 13 nitrogen and oxygen atoms in total. The SMILES string of the molecule is Cc1cn(CC(=O)Nc2cc(C(=O)Nc3cc(C(=O)NCCCN(C)C)n(C)c3)n(C)c2)c(=O)[nH]c1=O. The third-order valence-corrected chi connectivity index (χ3v) is 5.59. The minimum atomic E-state index is -0.691. The fraction of sp³-hybridized carbons (Fsp3) is 0.375. The molecule has 0 aliphatic heterocycles. The van der Waals surface area contributed by atoms with E-state index < -0.39 is 23.1 Å². The van der Waals surface area contributed by atoms with Crippen LogP contribution in [0.25, 0.3) is 0 Å². The average molecular weight is 513 g/mol. The molecular formula is C24H32N8O5. The molecule has 37 heavy (non-hydrogen) atoms. The minimum absolute atomic E-state index is 0.234. The van der Waals surface area contributed by atoms with Crippen LogP contribution in [0, 0.1) is 6.92 Å². The lowest BCUT2D eigenvalue weighted by molar-refractivity contribution is -0.116. The second-order valence-electron chi connectivity index (χ2n) is 9.06. The highest BCUT2D eigenvalue weighted by molar-refractivity contribution is 6.05. The number of rotatable bonds is 10. The van der Waals surface area contributed by atoms with Crippen molar-refractivity contribution in [3.8, 4) is 0 Å². The van der Waals surface area contributed by atoms with Crippen molar-refractivity contribution in [3.63, 3.8) is 0 Å². The van der Waals surface area contributed by atoms with Crippen LogP contribution in [0.2, 0.25) is 0 Å². The molecule has 0 spiro atoms. The first kappa shape index (κ1) is 27.2. The van der Waals surface area contributed by atoms with Gasteiger partial charge in [0.1, 0.15) is 17.9 Å². The highest BCUT2D eigenvalue weighted by Crippen LogP contribution is 2.17. The molecule has 3 rings (SSSR count). The monoisotopic (exact) mass is 512 g/mol. The molecule has 0 unspecified atom stereocenters. The number of aromatic amines is 1. The number of hydrogen-bond acceptors (Lipinski definition) is 6. The van der Waals surface area contributed by atoms with E-state index in [1.807, 2.05) is 19.0 Å². The quantitative estimate of drug-likeness (QED) is 0.282. The Morgan fingerprint density at radius 3 is 2.14 bits per heavy atom. The van der Waals surface area contributed by atoms with Crippen molar-refractivity contribution in [1.82, 2.24) is 28.9 Å². The zero-order valence-corrected chi connectivity index (χ0v) is 21.5. The van der Waals surface area contributed by atoms with Crippen LogP contribution in [0.3, 0.4) is 0 Å². The number of nitrogens with one attached hydrogen (secondary N) is 4. The third-order valence-electron chi connectivity index (χ3n) is 5.59. The van der Waals surface area contributed by atoms with Crippen LogP contribution in [-0.4, -0.2) is 68.5 Å². The van der Waals surface area contributed by atoms with E-state index in [1.54, 1.807) is 41.7 Å². The Labute approximate surface area is 213 Å². The fourth-order valence-corrected chi connectivity index (χ4v) is 3.69. The largest absolute Gasteiger partial charge is 0.351 e. The molecule has 0 aromatic carbocycles. The van der Waals surface area contributed by atoms with Crippen molar-refractivity contribution in [2.45, 2.75) is 19.9 Å². The van der Waals surface area contributed by atoms with Gasteiger partial charge < -0.3 is 30.0 Å². The molecule has 0 saturated heterocycles. The lowest BCUT2D eigenvalue weighted by Gasteiger charge is -2.10. The molecule has 3 heterocycles. The maximum absolute atomic E-state index is 12.9. The van der Waals surface area contributed by atoms with Crippen molar-refractivity contribution in [2.75, 3.05) is 37.8 Å². The lowest BCUT2D eigenvalue weighted by Crippen LogP contribution is -2.34. The van der Waals surface area contributed by atoms with E-state index in [-0.39, 0.29) is 18.1 Å². The molecule has 3 aromatic heterocycles. The molecular weight excluding hydrogens is 480 g/mol. The van der Waals surface area contributed by atoms with E-state index in [4.69, 9.17) is 0 Å². The maximum atomic E-state index is 12.9. The second kappa shape index (κ2) is 11.6. The zero-order valence-electron chi connectivity index (χ0n) is 21.5. The number of nitrogens with zero attached hydrogens (tertiary/aromatic N) is 4. The zero-order chi connectivity index (χ0) is 27.3.